The number of hydrogen-bond donors (Lipinski definition) is 1. The van der Waals surface area contributed by atoms with Crippen LogP contribution < -0.4 is 24.0 Å². The smallest absolute Gasteiger partial charge is 0.281 e. The molecule has 3 aromatic rings. The van der Waals surface area contributed by atoms with Gasteiger partial charge in [0.1, 0.15) is 11.6 Å². The minimum absolute atomic E-state index is 0.192. The van der Waals surface area contributed by atoms with Crippen LogP contribution in [0, 0.1) is 5.92 Å². The summed E-state index contributed by atoms with van der Waals surface area (Å²) in [6, 6.07) is 13.1. The summed E-state index contributed by atoms with van der Waals surface area (Å²) in [5.41, 5.74) is 0.667. The number of sulfonamides is 1. The van der Waals surface area contributed by atoms with Crippen LogP contribution in [-0.2, 0) is 10.0 Å². The van der Waals surface area contributed by atoms with Gasteiger partial charge in [0.25, 0.3) is 15.9 Å². The molecule has 2 aromatic heterocycles. The van der Waals surface area contributed by atoms with Crippen molar-refractivity contribution in [1.82, 2.24) is 14.7 Å². The van der Waals surface area contributed by atoms with Crippen molar-refractivity contribution in [3.05, 3.63) is 60.3 Å². The number of amides is 1. The summed E-state index contributed by atoms with van der Waals surface area (Å²) in [6.07, 6.45) is 2.56. The molecule has 1 aromatic carbocycles. The molecule has 0 radical (unpaired) electrons. The van der Waals surface area contributed by atoms with Crippen LogP contribution in [0.4, 0.5) is 17.3 Å². The number of methoxy groups -OCH3 is 2. The van der Waals surface area contributed by atoms with Gasteiger partial charge in [0.15, 0.2) is 16.5 Å². The van der Waals surface area contributed by atoms with Crippen molar-refractivity contribution in [2.75, 3.05) is 37.6 Å². The highest BCUT2D eigenvalue weighted by atomic mass is 32.2. The molecule has 4 rings (SSSR count). The maximum Gasteiger partial charge on any atom is 0.281 e. The Morgan fingerprint density at radius 1 is 1.11 bits per heavy atom. The van der Waals surface area contributed by atoms with Gasteiger partial charge in [-0.2, -0.15) is 8.42 Å². The molecule has 1 saturated heterocycles. The number of anilines is 3. The summed E-state index contributed by atoms with van der Waals surface area (Å²) in [5.74, 6) is 1.54. The zero-order valence-electron chi connectivity index (χ0n) is 22.4. The maximum atomic E-state index is 13.3. The monoisotopic (exact) mass is 539 g/mol. The first-order valence-electron chi connectivity index (χ1n) is 12.2. The molecule has 0 saturated carbocycles. The number of nitrogens with one attached hydrogen (secondary N) is 1. The number of carbonyl (C=O) groups is 1. The highest BCUT2D eigenvalue weighted by Gasteiger charge is 2.40. The van der Waals surface area contributed by atoms with Crippen LogP contribution >= 0.6 is 0 Å². The fourth-order valence-corrected chi connectivity index (χ4v) is 5.46. The average Bonchev–Trinajstić information content (AvgIpc) is 3.19. The summed E-state index contributed by atoms with van der Waals surface area (Å²) >= 11 is 0. The lowest BCUT2D eigenvalue weighted by atomic mass is 9.90. The van der Waals surface area contributed by atoms with E-state index < -0.39 is 15.9 Å². The van der Waals surface area contributed by atoms with Gasteiger partial charge in [0.05, 0.1) is 19.8 Å². The van der Waals surface area contributed by atoms with Crippen molar-refractivity contribution in [3.8, 4) is 11.5 Å². The van der Waals surface area contributed by atoms with Crippen LogP contribution in [0.2, 0.25) is 0 Å². The van der Waals surface area contributed by atoms with Gasteiger partial charge in [-0.15, -0.1) is 0 Å². The minimum Gasteiger partial charge on any atom is -0.493 e. The van der Waals surface area contributed by atoms with E-state index in [0.717, 1.165) is 13.0 Å². The second-order valence-corrected chi connectivity index (χ2v) is 11.4. The lowest BCUT2D eigenvalue weighted by Gasteiger charge is -2.36. The third-order valence-electron chi connectivity index (χ3n) is 7.28. The maximum absolute atomic E-state index is 13.3. The van der Waals surface area contributed by atoms with Gasteiger partial charge in [-0.3, -0.25) is 4.79 Å². The molecule has 1 aliphatic heterocycles. The predicted molar refractivity (Wildman–Crippen MR) is 146 cm³/mol. The zero-order chi connectivity index (χ0) is 27.7. The normalized spacial score (nSPS) is 16.7. The Morgan fingerprint density at radius 2 is 1.84 bits per heavy atom. The van der Waals surface area contributed by atoms with Gasteiger partial charge < -0.3 is 19.3 Å². The van der Waals surface area contributed by atoms with Gasteiger partial charge in [-0.05, 0) is 62.6 Å². The van der Waals surface area contributed by atoms with Crippen LogP contribution in [-0.4, -0.2) is 57.6 Å². The first kappa shape index (κ1) is 27.2. The molecule has 3 heterocycles. The van der Waals surface area contributed by atoms with Gasteiger partial charge >= 0.3 is 0 Å². The van der Waals surface area contributed by atoms with E-state index >= 15 is 0 Å². The molecule has 0 bridgehead atoms. The standard InChI is InChI=1S/C27H33N5O5S/c1-18-14-16-32(27(18,2)3)25-20(9-8-15-28-25)26(33)30-38(34,35)24-11-7-10-23(29-24)31(4)19-12-13-21(36-5)22(17-19)37-6/h7-13,15,17-18H,14,16H2,1-6H3,(H,30,33). The summed E-state index contributed by atoms with van der Waals surface area (Å²) in [4.78, 5) is 25.8. The largest absolute Gasteiger partial charge is 0.493 e. The van der Waals surface area contributed by atoms with E-state index in [2.05, 4.69) is 40.4 Å². The van der Waals surface area contributed by atoms with E-state index in [9.17, 15) is 13.2 Å². The summed E-state index contributed by atoms with van der Waals surface area (Å²) < 4.78 is 39.3. The average molecular weight is 540 g/mol. The van der Waals surface area contributed by atoms with E-state index in [1.54, 1.807) is 67.7 Å². The van der Waals surface area contributed by atoms with E-state index in [1.165, 1.54) is 13.2 Å². The highest BCUT2D eigenvalue weighted by molar-refractivity contribution is 7.90. The zero-order valence-corrected chi connectivity index (χ0v) is 23.2. The van der Waals surface area contributed by atoms with E-state index in [0.29, 0.717) is 34.7 Å². The Morgan fingerprint density at radius 3 is 2.50 bits per heavy atom. The van der Waals surface area contributed by atoms with Crippen molar-refractivity contribution in [3.63, 3.8) is 0 Å². The predicted octanol–water partition coefficient (Wildman–Crippen LogP) is 4.01. The summed E-state index contributed by atoms with van der Waals surface area (Å²) in [6.45, 7) is 7.08. The molecular formula is C27H33N5O5S. The number of hydrogen-bond acceptors (Lipinski definition) is 9. The molecule has 202 valence electrons. The van der Waals surface area contributed by atoms with Crippen LogP contribution in [0.1, 0.15) is 37.6 Å². The second kappa shape index (κ2) is 10.5. The summed E-state index contributed by atoms with van der Waals surface area (Å²) in [7, 11) is 0.556. The molecule has 1 N–H and O–H groups in total. The van der Waals surface area contributed by atoms with Crippen molar-refractivity contribution in [1.29, 1.82) is 0 Å². The Hall–Kier alpha value is -3.86. The Labute approximate surface area is 223 Å². The van der Waals surface area contributed by atoms with Crippen LogP contribution in [0.5, 0.6) is 11.5 Å². The van der Waals surface area contributed by atoms with E-state index in [1.807, 2.05) is 0 Å². The molecule has 10 nitrogen and oxygen atoms in total. The number of nitrogens with zero attached hydrogens (tertiary/aromatic N) is 4. The molecule has 0 aliphatic carbocycles. The third-order valence-corrected chi connectivity index (χ3v) is 8.52. The van der Waals surface area contributed by atoms with Gasteiger partial charge in [0, 0.05) is 37.1 Å². The van der Waals surface area contributed by atoms with Crippen molar-refractivity contribution < 1.29 is 22.7 Å². The van der Waals surface area contributed by atoms with E-state index in [-0.39, 0.29) is 16.1 Å². The SMILES string of the molecule is COc1ccc(N(C)c2cccc(S(=O)(=O)NC(=O)c3cccnc3N3CCC(C)C3(C)C)n2)cc1OC. The number of benzene rings is 1. The first-order valence-corrected chi connectivity index (χ1v) is 13.7. The number of ether oxygens (including phenoxy) is 2. The van der Waals surface area contributed by atoms with Crippen LogP contribution in [0.25, 0.3) is 0 Å². The molecule has 1 fully saturated rings. The third kappa shape index (κ3) is 5.10. The molecular weight excluding hydrogens is 506 g/mol. The molecule has 1 atom stereocenters. The van der Waals surface area contributed by atoms with Crippen LogP contribution in [0.3, 0.4) is 0 Å². The number of rotatable bonds is 8. The van der Waals surface area contributed by atoms with E-state index in [4.69, 9.17) is 9.47 Å². The Bertz CT molecular complexity index is 1440. The Balaban J connectivity index is 1.60. The lowest BCUT2D eigenvalue weighted by molar-refractivity contribution is 0.0981. The fraction of sp³-hybridized carbons (Fsp3) is 0.370. The molecule has 1 unspecified atom stereocenters. The Kier molecular flexibility index (Phi) is 7.50. The van der Waals surface area contributed by atoms with Crippen LogP contribution in [0.15, 0.2) is 59.8 Å². The molecule has 11 heteroatoms. The minimum atomic E-state index is -4.28. The number of aromatic nitrogens is 2. The second-order valence-electron chi connectivity index (χ2n) is 9.74. The van der Waals surface area contributed by atoms with Crippen molar-refractivity contribution in [2.24, 2.45) is 5.92 Å². The number of pyridine rings is 2. The highest BCUT2D eigenvalue weighted by Crippen LogP contribution is 2.38. The quantitative estimate of drug-likeness (QED) is 0.454. The summed E-state index contributed by atoms with van der Waals surface area (Å²) in [5, 5.41) is -0.281. The lowest BCUT2D eigenvalue weighted by Crippen LogP contribution is -2.43. The molecule has 1 aliphatic rings. The van der Waals surface area contributed by atoms with Crippen molar-refractivity contribution >= 4 is 33.3 Å². The fourth-order valence-electron chi connectivity index (χ4n) is 4.53. The molecule has 0 spiro atoms. The van der Waals surface area contributed by atoms with Gasteiger partial charge in [-0.25, -0.2) is 14.7 Å². The first-order chi connectivity index (χ1) is 18.0. The van der Waals surface area contributed by atoms with Gasteiger partial charge in [-0.1, -0.05) is 13.0 Å². The molecule has 38 heavy (non-hydrogen) atoms. The number of carbonyl (C=O) groups excluding carboxylic acids is 1. The van der Waals surface area contributed by atoms with Gasteiger partial charge in [0.2, 0.25) is 0 Å². The topological polar surface area (TPSA) is 114 Å². The van der Waals surface area contributed by atoms with Crippen molar-refractivity contribution in [2.45, 2.75) is 37.8 Å². The molecule has 1 amide bonds.